The Morgan fingerprint density at radius 2 is 1.71 bits per heavy atom. The number of carbonyl (C=O) groups is 1. The molecule has 136 valence electrons. The van der Waals surface area contributed by atoms with Crippen molar-refractivity contribution in [2.24, 2.45) is 0 Å². The van der Waals surface area contributed by atoms with Gasteiger partial charge in [0.05, 0.1) is 6.54 Å². The van der Waals surface area contributed by atoms with Gasteiger partial charge in [0.15, 0.2) is 0 Å². The summed E-state index contributed by atoms with van der Waals surface area (Å²) in [5.74, 6) is -1.28. The van der Waals surface area contributed by atoms with Gasteiger partial charge in [0, 0.05) is 20.1 Å². The van der Waals surface area contributed by atoms with Crippen molar-refractivity contribution >= 4 is 15.9 Å². The lowest BCUT2D eigenvalue weighted by Gasteiger charge is -2.23. The van der Waals surface area contributed by atoms with Gasteiger partial charge >= 0.3 is 6.36 Å². The Balaban J connectivity index is 3.10. The zero-order valence-corrected chi connectivity index (χ0v) is 14.3. The van der Waals surface area contributed by atoms with Crippen molar-refractivity contribution < 1.29 is 31.1 Å². The molecule has 0 fully saturated rings. The molecule has 0 heterocycles. The van der Waals surface area contributed by atoms with Gasteiger partial charge in [0.1, 0.15) is 10.6 Å². The Morgan fingerprint density at radius 1 is 1.17 bits per heavy atom. The van der Waals surface area contributed by atoms with Gasteiger partial charge in [-0.25, -0.2) is 8.42 Å². The lowest BCUT2D eigenvalue weighted by Crippen LogP contribution is -2.41. The lowest BCUT2D eigenvalue weighted by atomic mass is 10.3. The summed E-state index contributed by atoms with van der Waals surface area (Å²) >= 11 is 0. The normalized spacial score (nSPS) is 12.3. The minimum Gasteiger partial charge on any atom is -0.404 e. The van der Waals surface area contributed by atoms with E-state index < -0.39 is 39.5 Å². The first-order valence-electron chi connectivity index (χ1n) is 7.11. The molecule has 1 amide bonds. The fourth-order valence-corrected chi connectivity index (χ4v) is 3.22. The van der Waals surface area contributed by atoms with Gasteiger partial charge in [-0.05, 0) is 26.0 Å². The molecule has 0 N–H and O–H groups in total. The van der Waals surface area contributed by atoms with Gasteiger partial charge in [-0.2, -0.15) is 4.31 Å². The third-order valence-electron chi connectivity index (χ3n) is 3.24. The summed E-state index contributed by atoms with van der Waals surface area (Å²) in [6.45, 7) is 3.79. The summed E-state index contributed by atoms with van der Waals surface area (Å²) in [5.41, 5.74) is 0. The van der Waals surface area contributed by atoms with Crippen molar-refractivity contribution in [2.45, 2.75) is 25.1 Å². The van der Waals surface area contributed by atoms with E-state index in [9.17, 15) is 26.4 Å². The number of carbonyl (C=O) groups excluding carboxylic acids is 1. The molecule has 0 radical (unpaired) electrons. The molecular weight excluding hydrogens is 349 g/mol. The van der Waals surface area contributed by atoms with Crippen LogP contribution in [0.2, 0.25) is 0 Å². The van der Waals surface area contributed by atoms with Crippen LogP contribution in [0.3, 0.4) is 0 Å². The summed E-state index contributed by atoms with van der Waals surface area (Å²) in [5, 5.41) is 0. The molecule has 0 aliphatic carbocycles. The summed E-state index contributed by atoms with van der Waals surface area (Å²) in [4.78, 5) is 12.8. The second-order valence-electron chi connectivity index (χ2n) is 4.82. The standard InChI is InChI=1S/C14H19F3N2O4S/c1-4-19(5-2)13(20)10-18(3)24(21,22)12-9-7-6-8-11(12)23-14(15,16)17/h6-9H,4-5,10H2,1-3H3. The second kappa shape index (κ2) is 7.84. The molecule has 0 aliphatic heterocycles. The van der Waals surface area contributed by atoms with Gasteiger partial charge < -0.3 is 9.64 Å². The van der Waals surface area contributed by atoms with Gasteiger partial charge in [0.2, 0.25) is 15.9 Å². The number of likely N-dealkylation sites (N-methyl/N-ethyl adjacent to an activating group) is 2. The maximum absolute atomic E-state index is 12.5. The Bertz CT molecular complexity index is 673. The topological polar surface area (TPSA) is 66.9 Å². The van der Waals surface area contributed by atoms with Crippen LogP contribution >= 0.6 is 0 Å². The van der Waals surface area contributed by atoms with E-state index in [1.165, 1.54) is 17.0 Å². The smallest absolute Gasteiger partial charge is 0.404 e. The number of ether oxygens (including phenoxy) is 1. The SMILES string of the molecule is CCN(CC)C(=O)CN(C)S(=O)(=O)c1ccccc1OC(F)(F)F. The summed E-state index contributed by atoms with van der Waals surface area (Å²) in [7, 11) is -3.20. The van der Waals surface area contributed by atoms with E-state index in [2.05, 4.69) is 4.74 Å². The summed E-state index contributed by atoms with van der Waals surface area (Å²) in [6, 6.07) is 4.40. The first-order chi connectivity index (χ1) is 11.0. The van der Waals surface area contributed by atoms with E-state index in [1.54, 1.807) is 13.8 Å². The molecular formula is C14H19F3N2O4S. The van der Waals surface area contributed by atoms with E-state index in [-0.39, 0.29) is 0 Å². The van der Waals surface area contributed by atoms with E-state index in [0.29, 0.717) is 17.4 Å². The third kappa shape index (κ3) is 5.10. The molecule has 10 heteroatoms. The Kier molecular flexibility index (Phi) is 6.61. The van der Waals surface area contributed by atoms with Crippen molar-refractivity contribution in [3.63, 3.8) is 0 Å². The average Bonchev–Trinajstić information content (AvgIpc) is 2.47. The Hall–Kier alpha value is -1.81. The molecule has 1 aromatic carbocycles. The number of rotatable bonds is 7. The number of nitrogens with zero attached hydrogens (tertiary/aromatic N) is 2. The number of benzene rings is 1. The van der Waals surface area contributed by atoms with Crippen LogP contribution in [0.25, 0.3) is 0 Å². The number of hydrogen-bond acceptors (Lipinski definition) is 4. The molecule has 6 nitrogen and oxygen atoms in total. The average molecular weight is 368 g/mol. The van der Waals surface area contributed by atoms with Gasteiger partial charge in [0.25, 0.3) is 0 Å². The quantitative estimate of drug-likeness (QED) is 0.739. The molecule has 0 aliphatic rings. The van der Waals surface area contributed by atoms with Gasteiger partial charge in [-0.1, -0.05) is 12.1 Å². The minimum atomic E-state index is -5.03. The fraction of sp³-hybridized carbons (Fsp3) is 0.500. The number of para-hydroxylation sites is 1. The molecule has 24 heavy (non-hydrogen) atoms. The molecule has 0 bridgehead atoms. The second-order valence-corrected chi connectivity index (χ2v) is 6.83. The highest BCUT2D eigenvalue weighted by atomic mass is 32.2. The maximum Gasteiger partial charge on any atom is 0.573 e. The van der Waals surface area contributed by atoms with Crippen LogP contribution in [0.1, 0.15) is 13.8 Å². The van der Waals surface area contributed by atoms with Crippen molar-refractivity contribution in [3.8, 4) is 5.75 Å². The maximum atomic E-state index is 12.5. The molecule has 0 atom stereocenters. The minimum absolute atomic E-state index is 0.400. The van der Waals surface area contributed by atoms with Crippen LogP contribution in [0, 0.1) is 0 Å². The van der Waals surface area contributed by atoms with E-state index in [1.807, 2.05) is 0 Å². The van der Waals surface area contributed by atoms with Gasteiger partial charge in [-0.3, -0.25) is 4.79 Å². The molecule has 1 aromatic rings. The predicted molar refractivity (Wildman–Crippen MR) is 80.9 cm³/mol. The zero-order chi connectivity index (χ0) is 18.5. The fourth-order valence-electron chi connectivity index (χ4n) is 1.99. The molecule has 0 saturated carbocycles. The van der Waals surface area contributed by atoms with Crippen molar-refractivity contribution in [1.82, 2.24) is 9.21 Å². The highest BCUT2D eigenvalue weighted by Crippen LogP contribution is 2.30. The zero-order valence-electron chi connectivity index (χ0n) is 13.5. The first-order valence-corrected chi connectivity index (χ1v) is 8.55. The summed E-state index contributed by atoms with van der Waals surface area (Å²) in [6.07, 6.45) is -5.03. The molecule has 0 unspecified atom stereocenters. The van der Waals surface area contributed by atoms with Crippen molar-refractivity contribution in [2.75, 3.05) is 26.7 Å². The van der Waals surface area contributed by atoms with Crippen molar-refractivity contribution in [3.05, 3.63) is 24.3 Å². The van der Waals surface area contributed by atoms with Crippen LogP contribution in [0.4, 0.5) is 13.2 Å². The molecule has 0 aromatic heterocycles. The van der Waals surface area contributed by atoms with Crippen LogP contribution in [0.5, 0.6) is 5.75 Å². The highest BCUT2D eigenvalue weighted by Gasteiger charge is 2.35. The monoisotopic (exact) mass is 368 g/mol. The van der Waals surface area contributed by atoms with Crippen LogP contribution in [-0.4, -0.2) is 56.6 Å². The van der Waals surface area contributed by atoms with Crippen molar-refractivity contribution in [1.29, 1.82) is 0 Å². The number of sulfonamides is 1. The third-order valence-corrected chi connectivity index (χ3v) is 5.08. The number of halogens is 3. The molecule has 1 rings (SSSR count). The number of alkyl halides is 3. The van der Waals surface area contributed by atoms with E-state index >= 15 is 0 Å². The predicted octanol–water partition coefficient (Wildman–Crippen LogP) is 2.07. The van der Waals surface area contributed by atoms with E-state index in [0.717, 1.165) is 19.2 Å². The number of amides is 1. The van der Waals surface area contributed by atoms with Crippen LogP contribution in [-0.2, 0) is 14.8 Å². The lowest BCUT2D eigenvalue weighted by molar-refractivity contribution is -0.275. The van der Waals surface area contributed by atoms with Crippen LogP contribution < -0.4 is 4.74 Å². The largest absolute Gasteiger partial charge is 0.573 e. The summed E-state index contributed by atoms with van der Waals surface area (Å²) < 4.78 is 66.7. The number of hydrogen-bond donors (Lipinski definition) is 0. The first kappa shape index (κ1) is 20.2. The molecule has 0 spiro atoms. The van der Waals surface area contributed by atoms with E-state index in [4.69, 9.17) is 0 Å². The molecule has 0 saturated heterocycles. The van der Waals surface area contributed by atoms with Crippen LogP contribution in [0.15, 0.2) is 29.2 Å². The highest BCUT2D eigenvalue weighted by molar-refractivity contribution is 7.89. The van der Waals surface area contributed by atoms with Gasteiger partial charge in [-0.15, -0.1) is 13.2 Å². The Labute approximate surface area is 138 Å². The Morgan fingerprint density at radius 3 is 2.21 bits per heavy atom.